The van der Waals surface area contributed by atoms with Gasteiger partial charge in [-0.05, 0) is 20.4 Å². The highest BCUT2D eigenvalue weighted by Crippen LogP contribution is 2.15. The fourth-order valence-corrected chi connectivity index (χ4v) is 1.47. The van der Waals surface area contributed by atoms with Crippen molar-refractivity contribution in [2.45, 2.75) is 26.3 Å². The second-order valence-corrected chi connectivity index (χ2v) is 3.92. The van der Waals surface area contributed by atoms with Gasteiger partial charge >= 0.3 is 0 Å². The molecule has 0 spiro atoms. The van der Waals surface area contributed by atoms with Crippen LogP contribution in [0.4, 0.5) is 5.13 Å². The molecule has 1 aromatic heterocycles. The smallest absolute Gasteiger partial charge is 0.243 e. The van der Waals surface area contributed by atoms with E-state index in [2.05, 4.69) is 20.8 Å². The van der Waals surface area contributed by atoms with Crippen molar-refractivity contribution in [2.75, 3.05) is 12.4 Å². The van der Waals surface area contributed by atoms with Crippen molar-refractivity contribution in [1.29, 1.82) is 0 Å². The normalized spacial score (nSPS) is 12.5. The number of carbonyl (C=O) groups is 1. The van der Waals surface area contributed by atoms with Gasteiger partial charge in [-0.15, -0.1) is 10.2 Å². The maximum atomic E-state index is 11.4. The average Bonchev–Trinajstić information content (AvgIpc) is 2.64. The molecule has 0 aromatic carbocycles. The third kappa shape index (κ3) is 2.74. The van der Waals surface area contributed by atoms with Crippen LogP contribution in [0.15, 0.2) is 0 Å². The van der Waals surface area contributed by atoms with Crippen molar-refractivity contribution >= 4 is 22.4 Å². The van der Waals surface area contributed by atoms with Crippen LogP contribution in [-0.2, 0) is 11.2 Å². The van der Waals surface area contributed by atoms with Crippen LogP contribution >= 0.6 is 11.3 Å². The number of rotatable bonds is 4. The van der Waals surface area contributed by atoms with E-state index in [1.807, 2.05) is 6.92 Å². The third-order valence-corrected chi connectivity index (χ3v) is 2.81. The Morgan fingerprint density at radius 1 is 1.57 bits per heavy atom. The molecule has 0 fully saturated rings. The van der Waals surface area contributed by atoms with E-state index in [9.17, 15) is 4.79 Å². The SMILES string of the molecule is CCc1nnc(NC(=O)C(C)NC)s1. The fourth-order valence-electron chi connectivity index (χ4n) is 0.792. The van der Waals surface area contributed by atoms with Crippen molar-refractivity contribution in [1.82, 2.24) is 15.5 Å². The summed E-state index contributed by atoms with van der Waals surface area (Å²) in [4.78, 5) is 11.4. The summed E-state index contributed by atoms with van der Waals surface area (Å²) in [7, 11) is 1.74. The third-order valence-electron chi connectivity index (χ3n) is 1.83. The first kappa shape index (κ1) is 11.1. The first-order chi connectivity index (χ1) is 6.67. The number of aromatic nitrogens is 2. The largest absolute Gasteiger partial charge is 0.309 e. The molecule has 78 valence electrons. The second-order valence-electron chi connectivity index (χ2n) is 2.85. The molecule has 1 aromatic rings. The van der Waals surface area contributed by atoms with Gasteiger partial charge in [0.15, 0.2) is 0 Å². The zero-order chi connectivity index (χ0) is 10.6. The molecule has 1 heterocycles. The van der Waals surface area contributed by atoms with Crippen LogP contribution in [-0.4, -0.2) is 29.2 Å². The van der Waals surface area contributed by atoms with Gasteiger partial charge in [0.05, 0.1) is 6.04 Å². The van der Waals surface area contributed by atoms with Crippen molar-refractivity contribution in [2.24, 2.45) is 0 Å². The molecule has 0 bridgehead atoms. The summed E-state index contributed by atoms with van der Waals surface area (Å²) in [6, 6.07) is -0.219. The summed E-state index contributed by atoms with van der Waals surface area (Å²) in [6.45, 7) is 3.79. The molecule has 0 saturated carbocycles. The van der Waals surface area contributed by atoms with Crippen molar-refractivity contribution in [3.8, 4) is 0 Å². The van der Waals surface area contributed by atoms with E-state index in [1.165, 1.54) is 11.3 Å². The van der Waals surface area contributed by atoms with Gasteiger partial charge in [-0.3, -0.25) is 10.1 Å². The topological polar surface area (TPSA) is 66.9 Å². The fraction of sp³-hybridized carbons (Fsp3) is 0.625. The first-order valence-corrected chi connectivity index (χ1v) is 5.29. The Morgan fingerprint density at radius 3 is 2.79 bits per heavy atom. The van der Waals surface area contributed by atoms with Crippen LogP contribution in [0.1, 0.15) is 18.9 Å². The molecule has 5 nitrogen and oxygen atoms in total. The van der Waals surface area contributed by atoms with E-state index in [0.717, 1.165) is 11.4 Å². The average molecular weight is 214 g/mol. The summed E-state index contributed by atoms with van der Waals surface area (Å²) < 4.78 is 0. The van der Waals surface area contributed by atoms with Crippen molar-refractivity contribution in [3.05, 3.63) is 5.01 Å². The van der Waals surface area contributed by atoms with Crippen LogP contribution in [0.2, 0.25) is 0 Å². The minimum Gasteiger partial charge on any atom is -0.309 e. The molecule has 1 amide bonds. The number of nitrogens with one attached hydrogen (secondary N) is 2. The monoisotopic (exact) mass is 214 g/mol. The molecule has 2 N–H and O–H groups in total. The standard InChI is InChI=1S/C8H14N4OS/c1-4-6-11-12-8(14-6)10-7(13)5(2)9-3/h5,9H,4H2,1-3H3,(H,10,12,13). The van der Waals surface area contributed by atoms with E-state index >= 15 is 0 Å². The Bertz CT molecular complexity index is 312. The Hall–Kier alpha value is -1.01. The summed E-state index contributed by atoms with van der Waals surface area (Å²) >= 11 is 1.41. The first-order valence-electron chi connectivity index (χ1n) is 4.47. The molecular formula is C8H14N4OS. The zero-order valence-corrected chi connectivity index (χ0v) is 9.31. The number of nitrogens with zero attached hydrogens (tertiary/aromatic N) is 2. The van der Waals surface area contributed by atoms with Crippen LogP contribution in [0, 0.1) is 0 Å². The van der Waals surface area contributed by atoms with Crippen LogP contribution in [0.3, 0.4) is 0 Å². The molecule has 1 rings (SSSR count). The molecule has 0 aliphatic heterocycles. The minimum atomic E-state index is -0.219. The predicted molar refractivity (Wildman–Crippen MR) is 56.4 cm³/mol. The Kier molecular flexibility index (Phi) is 3.97. The van der Waals surface area contributed by atoms with Gasteiger partial charge in [0, 0.05) is 0 Å². The quantitative estimate of drug-likeness (QED) is 0.772. The van der Waals surface area contributed by atoms with Gasteiger partial charge in [0.25, 0.3) is 0 Å². The van der Waals surface area contributed by atoms with E-state index in [0.29, 0.717) is 5.13 Å². The maximum Gasteiger partial charge on any atom is 0.243 e. The lowest BCUT2D eigenvalue weighted by molar-refractivity contribution is -0.117. The molecular weight excluding hydrogens is 200 g/mol. The molecule has 0 radical (unpaired) electrons. The Balaban J connectivity index is 2.56. The maximum absolute atomic E-state index is 11.4. The van der Waals surface area contributed by atoms with Crippen LogP contribution in [0.25, 0.3) is 0 Å². The van der Waals surface area contributed by atoms with Crippen LogP contribution < -0.4 is 10.6 Å². The number of carbonyl (C=O) groups excluding carboxylic acids is 1. The van der Waals surface area contributed by atoms with Crippen molar-refractivity contribution in [3.63, 3.8) is 0 Å². The summed E-state index contributed by atoms with van der Waals surface area (Å²) in [5.74, 6) is -0.0914. The summed E-state index contributed by atoms with van der Waals surface area (Å²) in [5.41, 5.74) is 0. The highest BCUT2D eigenvalue weighted by Gasteiger charge is 2.12. The van der Waals surface area contributed by atoms with E-state index in [4.69, 9.17) is 0 Å². The van der Waals surface area contributed by atoms with Gasteiger partial charge in [-0.1, -0.05) is 18.3 Å². The van der Waals surface area contributed by atoms with Crippen molar-refractivity contribution < 1.29 is 4.79 Å². The number of aryl methyl sites for hydroxylation is 1. The summed E-state index contributed by atoms with van der Waals surface area (Å²) in [6.07, 6.45) is 0.842. The van der Waals surface area contributed by atoms with E-state index in [-0.39, 0.29) is 11.9 Å². The molecule has 0 saturated heterocycles. The Morgan fingerprint density at radius 2 is 2.29 bits per heavy atom. The number of amides is 1. The van der Waals surface area contributed by atoms with Gasteiger partial charge in [-0.25, -0.2) is 0 Å². The van der Waals surface area contributed by atoms with Gasteiger partial charge in [-0.2, -0.15) is 0 Å². The molecule has 0 aliphatic rings. The number of likely N-dealkylation sites (N-methyl/N-ethyl adjacent to an activating group) is 1. The molecule has 0 aliphatic carbocycles. The number of hydrogen-bond donors (Lipinski definition) is 2. The minimum absolute atomic E-state index is 0.0914. The predicted octanol–water partition coefficient (Wildman–Crippen LogP) is 0.647. The highest BCUT2D eigenvalue weighted by molar-refractivity contribution is 7.15. The molecule has 1 unspecified atom stereocenters. The lowest BCUT2D eigenvalue weighted by Crippen LogP contribution is -2.35. The molecule has 14 heavy (non-hydrogen) atoms. The highest BCUT2D eigenvalue weighted by atomic mass is 32.1. The molecule has 1 atom stereocenters. The van der Waals surface area contributed by atoms with Gasteiger partial charge in [0.2, 0.25) is 11.0 Å². The van der Waals surface area contributed by atoms with Gasteiger partial charge < -0.3 is 5.32 Å². The number of hydrogen-bond acceptors (Lipinski definition) is 5. The number of anilines is 1. The van der Waals surface area contributed by atoms with E-state index in [1.54, 1.807) is 14.0 Å². The molecule has 6 heteroatoms. The van der Waals surface area contributed by atoms with Crippen LogP contribution in [0.5, 0.6) is 0 Å². The van der Waals surface area contributed by atoms with Gasteiger partial charge in [0.1, 0.15) is 5.01 Å². The Labute approximate surface area is 86.9 Å². The summed E-state index contributed by atoms with van der Waals surface area (Å²) in [5, 5.41) is 14.8. The zero-order valence-electron chi connectivity index (χ0n) is 8.50. The lowest BCUT2D eigenvalue weighted by Gasteiger charge is -2.07. The lowest BCUT2D eigenvalue weighted by atomic mass is 10.3. The van der Waals surface area contributed by atoms with E-state index < -0.39 is 0 Å². The second kappa shape index (κ2) is 5.02.